The number of nitrogens with zero attached hydrogens (tertiary/aromatic N) is 1. The van der Waals surface area contributed by atoms with E-state index in [1.807, 2.05) is 0 Å². The Bertz CT molecular complexity index is 352. The fourth-order valence-corrected chi connectivity index (χ4v) is 2.18. The Morgan fingerprint density at radius 1 is 1.30 bits per heavy atom. The zero-order valence-corrected chi connectivity index (χ0v) is 14.0. The van der Waals surface area contributed by atoms with Gasteiger partial charge in [-0.3, -0.25) is 4.79 Å². The Morgan fingerprint density at radius 2 is 1.95 bits per heavy atom. The van der Waals surface area contributed by atoms with Gasteiger partial charge in [-0.25, -0.2) is 12.7 Å². The quantitative estimate of drug-likeness (QED) is 0.495. The zero-order valence-electron chi connectivity index (χ0n) is 12.3. The van der Waals surface area contributed by atoms with Gasteiger partial charge in [-0.2, -0.15) is 0 Å². The number of rotatable bonds is 11. The van der Waals surface area contributed by atoms with Gasteiger partial charge < -0.3 is 15.4 Å². The lowest BCUT2D eigenvalue weighted by Gasteiger charge is -2.15. The monoisotopic (exact) mass is 331 g/mol. The molecule has 0 aliphatic rings. The number of ether oxygens (including phenoxy) is 1. The maximum atomic E-state index is 11.4. The van der Waals surface area contributed by atoms with Gasteiger partial charge in [0.05, 0.1) is 18.9 Å². The molecule has 0 unspecified atom stereocenters. The number of methoxy groups -OCH3 is 1. The van der Waals surface area contributed by atoms with Crippen LogP contribution < -0.4 is 10.6 Å². The fourth-order valence-electron chi connectivity index (χ4n) is 1.33. The molecule has 0 aliphatic carbocycles. The van der Waals surface area contributed by atoms with E-state index in [0.717, 1.165) is 0 Å². The van der Waals surface area contributed by atoms with Crippen molar-refractivity contribution >= 4 is 28.3 Å². The molecule has 0 fully saturated rings. The number of amides is 1. The second-order valence-corrected chi connectivity index (χ2v) is 6.46. The van der Waals surface area contributed by atoms with Crippen LogP contribution in [0, 0.1) is 0 Å². The molecule has 1 amide bonds. The summed E-state index contributed by atoms with van der Waals surface area (Å²) < 4.78 is 29.0. The lowest BCUT2D eigenvalue weighted by atomic mass is 10.4. The molecule has 0 aromatic carbocycles. The highest BCUT2D eigenvalue weighted by Gasteiger charge is 2.13. The van der Waals surface area contributed by atoms with E-state index >= 15 is 0 Å². The molecule has 0 atom stereocenters. The molecule has 0 heterocycles. The Balaban J connectivity index is 0. The van der Waals surface area contributed by atoms with Crippen LogP contribution >= 0.6 is 12.4 Å². The van der Waals surface area contributed by atoms with Crippen LogP contribution in [-0.2, 0) is 19.6 Å². The van der Waals surface area contributed by atoms with Crippen LogP contribution in [0.4, 0.5) is 0 Å². The van der Waals surface area contributed by atoms with Crippen molar-refractivity contribution in [1.82, 2.24) is 14.9 Å². The lowest BCUT2D eigenvalue weighted by molar-refractivity contribution is -0.120. The van der Waals surface area contributed by atoms with Crippen LogP contribution in [0.25, 0.3) is 0 Å². The summed E-state index contributed by atoms with van der Waals surface area (Å²) in [6.07, 6.45) is 0.597. The average molecular weight is 332 g/mol. The topological polar surface area (TPSA) is 87.7 Å². The second kappa shape index (κ2) is 12.3. The summed E-state index contributed by atoms with van der Waals surface area (Å²) in [5.74, 6) is -0.00340. The number of sulfonamides is 1. The minimum absolute atomic E-state index is 0. The summed E-state index contributed by atoms with van der Waals surface area (Å²) in [5, 5.41) is 5.65. The minimum Gasteiger partial charge on any atom is -0.383 e. The van der Waals surface area contributed by atoms with Crippen LogP contribution in [0.2, 0.25) is 0 Å². The van der Waals surface area contributed by atoms with E-state index in [2.05, 4.69) is 10.6 Å². The first kappa shape index (κ1) is 21.9. The fraction of sp³-hybridized carbons (Fsp3) is 0.909. The molecule has 0 saturated heterocycles. The Morgan fingerprint density at radius 3 is 2.50 bits per heavy atom. The molecule has 122 valence electrons. The van der Waals surface area contributed by atoms with E-state index in [4.69, 9.17) is 4.74 Å². The standard InChI is InChI=1S/C11H25N3O4S.ClH/c1-4-19(16,17)14(2)8-5-6-13-11(15)10-12-7-9-18-3;/h12H,4-10H2,1-3H3,(H,13,15);1H. The van der Waals surface area contributed by atoms with Crippen LogP contribution in [-0.4, -0.2) is 71.3 Å². The third-order valence-corrected chi connectivity index (χ3v) is 4.44. The average Bonchev–Trinajstić information content (AvgIpc) is 2.39. The molecule has 9 heteroatoms. The molecule has 0 spiro atoms. The molecule has 0 bridgehead atoms. The first-order valence-electron chi connectivity index (χ1n) is 6.34. The number of halogens is 1. The molecule has 0 saturated carbocycles. The largest absolute Gasteiger partial charge is 0.383 e. The van der Waals surface area contributed by atoms with Gasteiger partial charge >= 0.3 is 0 Å². The molecule has 2 N–H and O–H groups in total. The highest BCUT2D eigenvalue weighted by atomic mass is 35.5. The van der Waals surface area contributed by atoms with E-state index in [1.165, 1.54) is 4.31 Å². The van der Waals surface area contributed by atoms with Gasteiger partial charge in [-0.05, 0) is 13.3 Å². The van der Waals surface area contributed by atoms with E-state index < -0.39 is 10.0 Å². The Kier molecular flexibility index (Phi) is 13.5. The van der Waals surface area contributed by atoms with Crippen LogP contribution in [0.5, 0.6) is 0 Å². The molecule has 0 rings (SSSR count). The number of hydrogen-bond acceptors (Lipinski definition) is 5. The summed E-state index contributed by atoms with van der Waals surface area (Å²) in [4.78, 5) is 11.4. The Labute approximate surface area is 127 Å². The van der Waals surface area contributed by atoms with Crippen LogP contribution in [0.3, 0.4) is 0 Å². The van der Waals surface area contributed by atoms with Gasteiger partial charge in [0.15, 0.2) is 0 Å². The van der Waals surface area contributed by atoms with Gasteiger partial charge in [0.1, 0.15) is 0 Å². The first-order valence-corrected chi connectivity index (χ1v) is 7.95. The summed E-state index contributed by atoms with van der Waals surface area (Å²) >= 11 is 0. The van der Waals surface area contributed by atoms with Gasteiger partial charge in [-0.1, -0.05) is 0 Å². The highest BCUT2D eigenvalue weighted by Crippen LogP contribution is 1.97. The maximum Gasteiger partial charge on any atom is 0.233 e. The van der Waals surface area contributed by atoms with Crippen molar-refractivity contribution in [1.29, 1.82) is 0 Å². The van der Waals surface area contributed by atoms with Gasteiger partial charge in [0.25, 0.3) is 0 Å². The lowest BCUT2D eigenvalue weighted by Crippen LogP contribution is -2.37. The zero-order chi connectivity index (χ0) is 14.7. The molecule has 20 heavy (non-hydrogen) atoms. The second-order valence-electron chi connectivity index (χ2n) is 4.10. The number of carbonyl (C=O) groups is 1. The molecular formula is C11H26ClN3O4S. The highest BCUT2D eigenvalue weighted by molar-refractivity contribution is 7.89. The van der Waals surface area contributed by atoms with Crippen molar-refractivity contribution in [2.45, 2.75) is 13.3 Å². The van der Waals surface area contributed by atoms with Gasteiger partial charge in [-0.15, -0.1) is 12.4 Å². The molecular weight excluding hydrogens is 306 g/mol. The summed E-state index contributed by atoms with van der Waals surface area (Å²) in [7, 11) is 0.0234. The van der Waals surface area contributed by atoms with E-state index in [9.17, 15) is 13.2 Å². The van der Waals surface area contributed by atoms with E-state index in [1.54, 1.807) is 21.1 Å². The first-order chi connectivity index (χ1) is 8.94. The minimum atomic E-state index is -3.13. The molecule has 7 nitrogen and oxygen atoms in total. The van der Waals surface area contributed by atoms with Crippen LogP contribution in [0.1, 0.15) is 13.3 Å². The number of hydrogen-bond donors (Lipinski definition) is 2. The predicted octanol–water partition coefficient (Wildman–Crippen LogP) is -0.568. The summed E-state index contributed by atoms with van der Waals surface area (Å²) in [5.41, 5.74) is 0. The van der Waals surface area contributed by atoms with Gasteiger partial charge in [0, 0.05) is 33.8 Å². The van der Waals surface area contributed by atoms with E-state index in [-0.39, 0.29) is 30.6 Å². The summed E-state index contributed by atoms with van der Waals surface area (Å²) in [6, 6.07) is 0. The Hall–Kier alpha value is -0.410. The third-order valence-electron chi connectivity index (χ3n) is 2.58. The smallest absolute Gasteiger partial charge is 0.233 e. The predicted molar refractivity (Wildman–Crippen MR) is 81.7 cm³/mol. The summed E-state index contributed by atoms with van der Waals surface area (Å²) in [6.45, 7) is 3.92. The van der Waals surface area contributed by atoms with Crippen molar-refractivity contribution in [3.63, 3.8) is 0 Å². The molecule has 0 radical (unpaired) electrons. The van der Waals surface area contributed by atoms with Crippen LogP contribution in [0.15, 0.2) is 0 Å². The van der Waals surface area contributed by atoms with Crippen molar-refractivity contribution in [3.8, 4) is 0 Å². The van der Waals surface area contributed by atoms with Crippen molar-refractivity contribution in [2.24, 2.45) is 0 Å². The van der Waals surface area contributed by atoms with Crippen molar-refractivity contribution in [3.05, 3.63) is 0 Å². The third kappa shape index (κ3) is 10.4. The number of nitrogens with one attached hydrogen (secondary N) is 2. The number of carbonyl (C=O) groups excluding carboxylic acids is 1. The SMILES string of the molecule is CCS(=O)(=O)N(C)CCCNC(=O)CNCCOC.Cl. The molecule has 0 aliphatic heterocycles. The maximum absolute atomic E-state index is 11.4. The molecule has 0 aromatic heterocycles. The van der Waals surface area contributed by atoms with Crippen molar-refractivity contribution in [2.75, 3.05) is 52.7 Å². The van der Waals surface area contributed by atoms with Gasteiger partial charge in [0.2, 0.25) is 15.9 Å². The van der Waals surface area contributed by atoms with Crippen molar-refractivity contribution < 1.29 is 17.9 Å². The normalized spacial score (nSPS) is 11.2. The van der Waals surface area contributed by atoms with E-state index in [0.29, 0.717) is 32.7 Å². The molecule has 0 aromatic rings.